The monoisotopic (exact) mass is 256 g/mol. The number of hydrogen-bond acceptors (Lipinski definition) is 5. The second-order valence-electron chi connectivity index (χ2n) is 3.60. The van der Waals surface area contributed by atoms with Gasteiger partial charge in [-0.1, -0.05) is 0 Å². The first-order chi connectivity index (χ1) is 8.04. The maximum Gasteiger partial charge on any atom is 0.302 e. The third-order valence-electron chi connectivity index (χ3n) is 2.19. The van der Waals surface area contributed by atoms with Gasteiger partial charge in [0.1, 0.15) is 5.75 Å². The number of ketones is 1. The van der Waals surface area contributed by atoms with Crippen molar-refractivity contribution in [1.82, 2.24) is 0 Å². The number of methoxy groups -OCH3 is 1. The molecule has 4 nitrogen and oxygen atoms in total. The Hall–Kier alpha value is -1.36. The van der Waals surface area contributed by atoms with Gasteiger partial charge in [0.15, 0.2) is 5.78 Å². The van der Waals surface area contributed by atoms with Gasteiger partial charge < -0.3 is 9.47 Å². The first-order valence-corrected chi connectivity index (χ1v) is 6.17. The number of esters is 1. The van der Waals surface area contributed by atoms with Crippen molar-refractivity contribution in [3.8, 4) is 5.75 Å². The van der Waals surface area contributed by atoms with E-state index < -0.39 is 0 Å². The number of ether oxygens (including phenoxy) is 2. The summed E-state index contributed by atoms with van der Waals surface area (Å²) in [6.07, 6.45) is 1.47. The Bertz CT molecular complexity index is 409. The average molecular weight is 256 g/mol. The number of carbonyl (C=O) groups excluding carboxylic acids is 2. The van der Waals surface area contributed by atoms with Crippen molar-refractivity contribution in [2.75, 3.05) is 13.7 Å². The molecule has 0 saturated heterocycles. The minimum atomic E-state index is -0.271. The van der Waals surface area contributed by atoms with E-state index in [2.05, 4.69) is 0 Å². The van der Waals surface area contributed by atoms with Crippen LogP contribution in [0.1, 0.15) is 34.8 Å². The van der Waals surface area contributed by atoms with Gasteiger partial charge in [-0.3, -0.25) is 9.59 Å². The van der Waals surface area contributed by atoms with Crippen molar-refractivity contribution < 1.29 is 19.1 Å². The van der Waals surface area contributed by atoms with Crippen LogP contribution in [0.15, 0.2) is 6.07 Å². The van der Waals surface area contributed by atoms with E-state index in [-0.39, 0.29) is 11.8 Å². The lowest BCUT2D eigenvalue weighted by atomic mass is 10.2. The van der Waals surface area contributed by atoms with Gasteiger partial charge >= 0.3 is 5.97 Å². The molecular formula is C12H16O4S. The molecule has 0 atom stereocenters. The van der Waals surface area contributed by atoms with Crippen LogP contribution in [0.3, 0.4) is 0 Å². The molecule has 94 valence electrons. The zero-order valence-electron chi connectivity index (χ0n) is 10.2. The second-order valence-corrected chi connectivity index (χ2v) is 4.74. The number of aryl methyl sites for hydroxylation is 1. The molecule has 0 saturated carbocycles. The molecule has 0 aliphatic heterocycles. The fraction of sp³-hybridized carbons (Fsp3) is 0.500. The first-order valence-electron chi connectivity index (χ1n) is 5.35. The fourth-order valence-corrected chi connectivity index (χ4v) is 2.45. The Kier molecular flexibility index (Phi) is 5.15. The van der Waals surface area contributed by atoms with E-state index >= 15 is 0 Å². The maximum absolute atomic E-state index is 11.2. The number of carbonyl (C=O) groups is 2. The fourth-order valence-electron chi connectivity index (χ4n) is 1.38. The summed E-state index contributed by atoms with van der Waals surface area (Å²) in [6.45, 7) is 3.32. The lowest BCUT2D eigenvalue weighted by molar-refractivity contribution is -0.141. The van der Waals surface area contributed by atoms with Gasteiger partial charge in [-0.15, -0.1) is 11.3 Å². The van der Waals surface area contributed by atoms with E-state index in [1.807, 2.05) is 0 Å². The zero-order valence-corrected chi connectivity index (χ0v) is 11.1. The Morgan fingerprint density at radius 3 is 2.59 bits per heavy atom. The molecule has 0 aliphatic rings. The summed E-state index contributed by atoms with van der Waals surface area (Å²) < 4.78 is 10.1. The van der Waals surface area contributed by atoms with Crippen LogP contribution < -0.4 is 4.74 Å². The molecule has 1 aromatic rings. The van der Waals surface area contributed by atoms with Crippen LogP contribution in [-0.2, 0) is 16.0 Å². The highest BCUT2D eigenvalue weighted by molar-refractivity contribution is 7.14. The third-order valence-corrected chi connectivity index (χ3v) is 3.47. The molecule has 0 radical (unpaired) electrons. The van der Waals surface area contributed by atoms with E-state index in [1.165, 1.54) is 25.2 Å². The van der Waals surface area contributed by atoms with Crippen LogP contribution in [0.25, 0.3) is 0 Å². The van der Waals surface area contributed by atoms with E-state index in [0.717, 1.165) is 23.5 Å². The molecule has 1 aromatic heterocycles. The summed E-state index contributed by atoms with van der Waals surface area (Å²) in [5, 5.41) is 0. The predicted molar refractivity (Wildman–Crippen MR) is 65.8 cm³/mol. The van der Waals surface area contributed by atoms with Crippen molar-refractivity contribution in [3.63, 3.8) is 0 Å². The van der Waals surface area contributed by atoms with E-state index in [4.69, 9.17) is 9.47 Å². The summed E-state index contributed by atoms with van der Waals surface area (Å²) in [6, 6.07) is 1.76. The molecule has 1 heterocycles. The van der Waals surface area contributed by atoms with Crippen molar-refractivity contribution >= 4 is 23.1 Å². The minimum Gasteiger partial charge on any atom is -0.496 e. The number of Topliss-reactive ketones (excluding diaryl/α,β-unsaturated/α-hetero) is 1. The van der Waals surface area contributed by atoms with Crippen molar-refractivity contribution in [2.24, 2.45) is 0 Å². The number of hydrogen-bond donors (Lipinski definition) is 0. The highest BCUT2D eigenvalue weighted by atomic mass is 32.1. The lowest BCUT2D eigenvalue weighted by Crippen LogP contribution is -2.01. The van der Waals surface area contributed by atoms with Crippen molar-refractivity contribution in [3.05, 3.63) is 15.8 Å². The largest absolute Gasteiger partial charge is 0.496 e. The summed E-state index contributed by atoms with van der Waals surface area (Å²) in [5.74, 6) is 0.509. The average Bonchev–Trinajstić information content (AvgIpc) is 2.67. The van der Waals surface area contributed by atoms with E-state index in [1.54, 1.807) is 13.2 Å². The maximum atomic E-state index is 11.2. The van der Waals surface area contributed by atoms with Gasteiger partial charge in [0.25, 0.3) is 0 Å². The zero-order chi connectivity index (χ0) is 12.8. The van der Waals surface area contributed by atoms with Crippen LogP contribution in [-0.4, -0.2) is 25.5 Å². The lowest BCUT2D eigenvalue weighted by Gasteiger charge is -2.02. The molecule has 0 aliphatic carbocycles. The van der Waals surface area contributed by atoms with Gasteiger partial charge in [0.2, 0.25) is 0 Å². The molecule has 5 heteroatoms. The number of rotatable bonds is 6. The van der Waals surface area contributed by atoms with Gasteiger partial charge in [-0.2, -0.15) is 0 Å². The quantitative estimate of drug-likeness (QED) is 0.445. The van der Waals surface area contributed by atoms with Crippen LogP contribution in [0, 0.1) is 0 Å². The Labute approximate surface area is 105 Å². The molecule has 0 fully saturated rings. The SMILES string of the molecule is COc1cc(C(C)=O)sc1CCCOC(C)=O. The summed E-state index contributed by atoms with van der Waals surface area (Å²) in [4.78, 5) is 23.5. The Morgan fingerprint density at radius 2 is 2.06 bits per heavy atom. The summed E-state index contributed by atoms with van der Waals surface area (Å²) >= 11 is 1.44. The Balaban J connectivity index is 2.57. The smallest absolute Gasteiger partial charge is 0.302 e. The topological polar surface area (TPSA) is 52.6 Å². The molecule has 17 heavy (non-hydrogen) atoms. The van der Waals surface area contributed by atoms with Crippen molar-refractivity contribution in [2.45, 2.75) is 26.7 Å². The molecule has 0 aromatic carbocycles. The molecule has 0 amide bonds. The molecule has 0 bridgehead atoms. The first kappa shape index (κ1) is 13.7. The predicted octanol–water partition coefficient (Wildman–Crippen LogP) is 2.46. The second kappa shape index (κ2) is 6.39. The highest BCUT2D eigenvalue weighted by Gasteiger charge is 2.12. The molecule has 1 rings (SSSR count). The normalized spacial score (nSPS) is 10.1. The van der Waals surface area contributed by atoms with Crippen LogP contribution in [0.4, 0.5) is 0 Å². The summed E-state index contributed by atoms with van der Waals surface area (Å²) in [5.41, 5.74) is 0. The standard InChI is InChI=1S/C12H16O4S/c1-8(13)12-7-10(15-3)11(17-12)5-4-6-16-9(2)14/h7H,4-6H2,1-3H3. The van der Waals surface area contributed by atoms with Gasteiger partial charge in [0, 0.05) is 17.9 Å². The van der Waals surface area contributed by atoms with Crippen LogP contribution in [0.5, 0.6) is 5.75 Å². The minimum absolute atomic E-state index is 0.0412. The van der Waals surface area contributed by atoms with Gasteiger partial charge in [0.05, 0.1) is 18.6 Å². The highest BCUT2D eigenvalue weighted by Crippen LogP contribution is 2.30. The molecule has 0 unspecified atom stereocenters. The van der Waals surface area contributed by atoms with E-state index in [9.17, 15) is 9.59 Å². The molecular weight excluding hydrogens is 240 g/mol. The Morgan fingerprint density at radius 1 is 1.35 bits per heavy atom. The van der Waals surface area contributed by atoms with E-state index in [0.29, 0.717) is 11.5 Å². The molecule has 0 N–H and O–H groups in total. The van der Waals surface area contributed by atoms with Crippen molar-refractivity contribution in [1.29, 1.82) is 0 Å². The van der Waals surface area contributed by atoms with Crippen LogP contribution >= 0.6 is 11.3 Å². The van der Waals surface area contributed by atoms with Gasteiger partial charge in [-0.25, -0.2) is 0 Å². The molecule has 0 spiro atoms. The van der Waals surface area contributed by atoms with Crippen LogP contribution in [0.2, 0.25) is 0 Å². The number of thiophene rings is 1. The summed E-state index contributed by atoms with van der Waals surface area (Å²) in [7, 11) is 1.58. The third kappa shape index (κ3) is 4.19. The van der Waals surface area contributed by atoms with Gasteiger partial charge in [-0.05, 0) is 19.8 Å².